The Balaban J connectivity index is 2.95. The summed E-state index contributed by atoms with van der Waals surface area (Å²) in [6, 6.07) is 7.98. The van der Waals surface area contributed by atoms with Crippen molar-refractivity contribution in [2.75, 3.05) is 0 Å². The Labute approximate surface area is 72.3 Å². The predicted molar refractivity (Wildman–Crippen MR) is 52.1 cm³/mol. The zero-order chi connectivity index (χ0) is 7.84. The standard InChI is InChI=1S/C7H7N2PS/c10-9-6-4-2-1-3-5(6)7(11)8-9/h1-4H,10H2,(H,8,11). The zero-order valence-corrected chi connectivity index (χ0v) is 7.78. The predicted octanol–water partition coefficient (Wildman–Crippen LogP) is 1.96. The van der Waals surface area contributed by atoms with Crippen LogP contribution < -0.4 is 0 Å². The summed E-state index contributed by atoms with van der Waals surface area (Å²) in [7, 11) is 2.52. The highest BCUT2D eigenvalue weighted by atomic mass is 32.1. The van der Waals surface area contributed by atoms with Crippen LogP contribution in [0.25, 0.3) is 10.9 Å². The van der Waals surface area contributed by atoms with E-state index in [0.29, 0.717) is 0 Å². The monoisotopic (exact) mass is 182 g/mol. The quantitative estimate of drug-likeness (QED) is 0.487. The van der Waals surface area contributed by atoms with Gasteiger partial charge in [0.25, 0.3) is 0 Å². The third-order valence-electron chi connectivity index (χ3n) is 1.59. The molecule has 1 aromatic heterocycles. The van der Waals surface area contributed by atoms with Gasteiger partial charge in [-0.25, -0.2) is 4.45 Å². The molecule has 0 fully saturated rings. The first-order valence-electron chi connectivity index (χ1n) is 3.21. The van der Waals surface area contributed by atoms with Gasteiger partial charge in [-0.05, 0) is 15.5 Å². The van der Waals surface area contributed by atoms with Crippen LogP contribution in [0, 0.1) is 0 Å². The number of para-hydroxylation sites is 1. The topological polar surface area (TPSA) is 17.8 Å². The minimum absolute atomic E-state index is 0.774. The highest BCUT2D eigenvalue weighted by molar-refractivity contribution is 7.80. The van der Waals surface area contributed by atoms with E-state index in [9.17, 15) is 0 Å². The number of fused-ring (bicyclic) bond motifs is 1. The van der Waals surface area contributed by atoms with E-state index in [4.69, 9.17) is 0 Å². The molecule has 2 rings (SSSR count). The van der Waals surface area contributed by atoms with Gasteiger partial charge in [0.1, 0.15) is 5.03 Å². The molecule has 0 aliphatic rings. The summed E-state index contributed by atoms with van der Waals surface area (Å²) >= 11 is 4.23. The SMILES string of the molecule is Pn1nc(S)c2ccccc21. The fraction of sp³-hybridized carbons (Fsp3) is 0. The smallest absolute Gasteiger partial charge is 0.123 e. The Hall–Kier alpha value is -0.530. The van der Waals surface area contributed by atoms with Gasteiger partial charge in [0.2, 0.25) is 0 Å². The lowest BCUT2D eigenvalue weighted by molar-refractivity contribution is 0.968. The third-order valence-corrected chi connectivity index (χ3v) is 2.32. The second-order valence-corrected chi connectivity index (χ2v) is 3.20. The first-order chi connectivity index (χ1) is 5.29. The van der Waals surface area contributed by atoms with Crippen LogP contribution in [0.3, 0.4) is 0 Å². The summed E-state index contributed by atoms with van der Waals surface area (Å²) in [5, 5.41) is 6.00. The molecule has 0 saturated carbocycles. The molecule has 2 aromatic rings. The molecule has 11 heavy (non-hydrogen) atoms. The molecule has 0 radical (unpaired) electrons. The molecule has 1 heterocycles. The molecule has 0 amide bonds. The summed E-state index contributed by atoms with van der Waals surface area (Å²) in [6.45, 7) is 0. The second-order valence-electron chi connectivity index (χ2n) is 2.29. The van der Waals surface area contributed by atoms with Gasteiger partial charge in [-0.15, -0.1) is 12.6 Å². The lowest BCUT2D eigenvalue weighted by Gasteiger charge is -1.89. The van der Waals surface area contributed by atoms with E-state index >= 15 is 0 Å². The first kappa shape index (κ1) is 7.14. The van der Waals surface area contributed by atoms with E-state index in [2.05, 4.69) is 27.1 Å². The number of benzene rings is 1. The fourth-order valence-electron chi connectivity index (χ4n) is 1.07. The number of aromatic nitrogens is 2. The Morgan fingerprint density at radius 1 is 1.36 bits per heavy atom. The summed E-state index contributed by atoms with van der Waals surface area (Å²) in [6.07, 6.45) is 0. The Morgan fingerprint density at radius 2 is 2.09 bits per heavy atom. The molecule has 0 bridgehead atoms. The fourth-order valence-corrected chi connectivity index (χ4v) is 1.80. The third kappa shape index (κ3) is 1.05. The zero-order valence-electron chi connectivity index (χ0n) is 5.73. The maximum atomic E-state index is 4.23. The minimum Gasteiger partial charge on any atom is -0.250 e. The largest absolute Gasteiger partial charge is 0.250 e. The van der Waals surface area contributed by atoms with Crippen molar-refractivity contribution in [3.63, 3.8) is 0 Å². The van der Waals surface area contributed by atoms with Gasteiger partial charge in [-0.2, -0.15) is 5.10 Å². The number of hydrogen-bond acceptors (Lipinski definition) is 2. The summed E-state index contributed by atoms with van der Waals surface area (Å²) in [5.74, 6) is 0. The van der Waals surface area contributed by atoms with E-state index in [0.717, 1.165) is 15.9 Å². The summed E-state index contributed by atoms with van der Waals surface area (Å²) < 4.78 is 1.75. The Bertz CT molecular complexity index is 360. The lowest BCUT2D eigenvalue weighted by atomic mass is 10.3. The van der Waals surface area contributed by atoms with Gasteiger partial charge in [-0.3, -0.25) is 0 Å². The molecule has 2 nitrogen and oxygen atoms in total. The van der Waals surface area contributed by atoms with E-state index in [-0.39, 0.29) is 0 Å². The van der Waals surface area contributed by atoms with Crippen LogP contribution in [0.5, 0.6) is 0 Å². The van der Waals surface area contributed by atoms with Crippen molar-refractivity contribution in [2.45, 2.75) is 5.03 Å². The molecular weight excluding hydrogens is 175 g/mol. The van der Waals surface area contributed by atoms with Crippen molar-refractivity contribution < 1.29 is 0 Å². The van der Waals surface area contributed by atoms with Crippen molar-refractivity contribution in [3.05, 3.63) is 24.3 Å². The van der Waals surface area contributed by atoms with Crippen molar-refractivity contribution in [1.29, 1.82) is 0 Å². The van der Waals surface area contributed by atoms with Gasteiger partial charge in [0, 0.05) is 5.39 Å². The van der Waals surface area contributed by atoms with Crippen molar-refractivity contribution in [1.82, 2.24) is 9.55 Å². The van der Waals surface area contributed by atoms with Crippen LogP contribution in [0.4, 0.5) is 0 Å². The molecule has 56 valence electrons. The van der Waals surface area contributed by atoms with E-state index < -0.39 is 0 Å². The molecule has 0 saturated heterocycles. The van der Waals surface area contributed by atoms with Crippen LogP contribution in [0.1, 0.15) is 0 Å². The molecule has 4 heteroatoms. The van der Waals surface area contributed by atoms with Crippen LogP contribution in [0.15, 0.2) is 29.3 Å². The van der Waals surface area contributed by atoms with Gasteiger partial charge in [0.05, 0.1) is 5.52 Å². The summed E-state index contributed by atoms with van der Waals surface area (Å²) in [5.41, 5.74) is 1.09. The lowest BCUT2D eigenvalue weighted by Crippen LogP contribution is -1.78. The maximum absolute atomic E-state index is 4.23. The highest BCUT2D eigenvalue weighted by Gasteiger charge is 2.01. The average molecular weight is 182 g/mol. The number of hydrogen-bond donors (Lipinski definition) is 1. The van der Waals surface area contributed by atoms with E-state index in [1.807, 2.05) is 24.3 Å². The first-order valence-corrected chi connectivity index (χ1v) is 4.17. The van der Waals surface area contributed by atoms with Crippen LogP contribution in [0.2, 0.25) is 0 Å². The molecule has 0 N–H and O–H groups in total. The second kappa shape index (κ2) is 2.50. The van der Waals surface area contributed by atoms with Crippen molar-refractivity contribution >= 4 is 32.9 Å². The maximum Gasteiger partial charge on any atom is 0.123 e. The van der Waals surface area contributed by atoms with Gasteiger partial charge < -0.3 is 0 Å². The van der Waals surface area contributed by atoms with Gasteiger partial charge in [0.15, 0.2) is 0 Å². The molecule has 1 atom stereocenters. The number of thiol groups is 1. The van der Waals surface area contributed by atoms with Gasteiger partial charge >= 0.3 is 0 Å². The summed E-state index contributed by atoms with van der Waals surface area (Å²) in [4.78, 5) is 0. The van der Waals surface area contributed by atoms with Crippen molar-refractivity contribution in [2.24, 2.45) is 0 Å². The van der Waals surface area contributed by atoms with E-state index in [1.165, 1.54) is 0 Å². The molecule has 1 unspecified atom stereocenters. The molecular formula is C7H7N2PS. The van der Waals surface area contributed by atoms with Crippen molar-refractivity contribution in [3.8, 4) is 0 Å². The van der Waals surface area contributed by atoms with Crippen LogP contribution in [-0.4, -0.2) is 9.55 Å². The van der Waals surface area contributed by atoms with E-state index in [1.54, 1.807) is 4.45 Å². The van der Waals surface area contributed by atoms with Gasteiger partial charge in [-0.1, -0.05) is 18.2 Å². The van der Waals surface area contributed by atoms with Crippen LogP contribution in [-0.2, 0) is 0 Å². The molecule has 0 aliphatic heterocycles. The Kier molecular flexibility index (Phi) is 1.63. The minimum atomic E-state index is 0.774. The Morgan fingerprint density at radius 3 is 2.82 bits per heavy atom. The normalized spacial score (nSPS) is 10.7. The molecule has 0 aliphatic carbocycles. The number of nitrogens with zero attached hydrogens (tertiary/aromatic N) is 2. The highest BCUT2D eigenvalue weighted by Crippen LogP contribution is 2.21. The number of rotatable bonds is 0. The molecule has 0 spiro atoms. The molecule has 1 aromatic carbocycles. The van der Waals surface area contributed by atoms with Crippen LogP contribution >= 0.6 is 22.0 Å². The average Bonchev–Trinajstić information content (AvgIpc) is 2.30.